The monoisotopic (exact) mass is 236 g/mol. The standard InChI is InChI=1S/C9H20N2O3S/c1-8(7-10)15(13,14)11(5-6-12)9-3-2-4-9/h8-9,12H,2-7,10H2,1H3. The zero-order valence-electron chi connectivity index (χ0n) is 9.09. The van der Waals surface area contributed by atoms with Crippen molar-refractivity contribution in [2.24, 2.45) is 5.73 Å². The van der Waals surface area contributed by atoms with Crippen LogP contribution < -0.4 is 5.73 Å². The fourth-order valence-electron chi connectivity index (χ4n) is 1.64. The minimum absolute atomic E-state index is 0.0798. The van der Waals surface area contributed by atoms with Crippen molar-refractivity contribution in [2.75, 3.05) is 19.7 Å². The zero-order valence-corrected chi connectivity index (χ0v) is 9.91. The molecule has 1 fully saturated rings. The van der Waals surface area contributed by atoms with Crippen molar-refractivity contribution in [3.05, 3.63) is 0 Å². The van der Waals surface area contributed by atoms with E-state index in [9.17, 15) is 8.42 Å². The van der Waals surface area contributed by atoms with E-state index in [1.807, 2.05) is 0 Å². The average Bonchev–Trinajstić information content (AvgIpc) is 2.13. The Kier molecular flexibility index (Phi) is 4.51. The smallest absolute Gasteiger partial charge is 0.218 e. The lowest BCUT2D eigenvalue weighted by atomic mass is 9.93. The lowest BCUT2D eigenvalue weighted by Crippen LogP contribution is -2.50. The second-order valence-electron chi connectivity index (χ2n) is 4.01. The van der Waals surface area contributed by atoms with Gasteiger partial charge in [-0.2, -0.15) is 4.31 Å². The molecule has 0 amide bonds. The Morgan fingerprint density at radius 1 is 1.53 bits per heavy atom. The van der Waals surface area contributed by atoms with Gasteiger partial charge in [-0.1, -0.05) is 6.42 Å². The van der Waals surface area contributed by atoms with Crippen LogP contribution in [-0.4, -0.2) is 48.8 Å². The highest BCUT2D eigenvalue weighted by molar-refractivity contribution is 7.89. The first-order chi connectivity index (χ1) is 7.04. The van der Waals surface area contributed by atoms with Crippen LogP contribution in [0.2, 0.25) is 0 Å². The van der Waals surface area contributed by atoms with Crippen molar-refractivity contribution in [3.8, 4) is 0 Å². The summed E-state index contributed by atoms with van der Waals surface area (Å²) in [5.74, 6) is 0. The summed E-state index contributed by atoms with van der Waals surface area (Å²) in [5, 5.41) is 8.32. The maximum absolute atomic E-state index is 12.0. The molecule has 0 aromatic rings. The average molecular weight is 236 g/mol. The minimum Gasteiger partial charge on any atom is -0.395 e. The van der Waals surface area contributed by atoms with Crippen LogP contribution >= 0.6 is 0 Å². The second kappa shape index (κ2) is 5.25. The highest BCUT2D eigenvalue weighted by atomic mass is 32.2. The number of rotatable bonds is 6. The molecule has 3 N–H and O–H groups in total. The van der Waals surface area contributed by atoms with Gasteiger partial charge in [0, 0.05) is 19.1 Å². The molecule has 0 aliphatic heterocycles. The maximum Gasteiger partial charge on any atom is 0.218 e. The van der Waals surface area contributed by atoms with E-state index >= 15 is 0 Å². The minimum atomic E-state index is -3.33. The van der Waals surface area contributed by atoms with Crippen LogP contribution in [0.3, 0.4) is 0 Å². The van der Waals surface area contributed by atoms with Crippen molar-refractivity contribution in [3.63, 3.8) is 0 Å². The highest BCUT2D eigenvalue weighted by Gasteiger charge is 2.35. The summed E-state index contributed by atoms with van der Waals surface area (Å²) in [7, 11) is -3.33. The normalized spacial score (nSPS) is 20.3. The van der Waals surface area contributed by atoms with Crippen LogP contribution in [0.5, 0.6) is 0 Å². The number of aliphatic hydroxyl groups is 1. The van der Waals surface area contributed by atoms with Gasteiger partial charge in [0.1, 0.15) is 0 Å². The molecule has 1 atom stereocenters. The van der Waals surface area contributed by atoms with Crippen molar-refractivity contribution >= 4 is 10.0 Å². The number of hydrogen-bond donors (Lipinski definition) is 2. The first-order valence-corrected chi connectivity index (χ1v) is 6.86. The maximum atomic E-state index is 12.0. The Balaban J connectivity index is 2.77. The molecular weight excluding hydrogens is 216 g/mol. The van der Waals surface area contributed by atoms with Crippen LogP contribution in [-0.2, 0) is 10.0 Å². The third kappa shape index (κ3) is 2.69. The van der Waals surface area contributed by atoms with Gasteiger partial charge in [0.2, 0.25) is 10.0 Å². The summed E-state index contributed by atoms with van der Waals surface area (Å²) in [6, 6.07) is 0.0798. The molecule has 0 radical (unpaired) electrons. The molecule has 0 bridgehead atoms. The van der Waals surface area contributed by atoms with Gasteiger partial charge in [-0.25, -0.2) is 8.42 Å². The van der Waals surface area contributed by atoms with Crippen molar-refractivity contribution in [1.82, 2.24) is 4.31 Å². The molecule has 15 heavy (non-hydrogen) atoms. The molecule has 1 rings (SSSR count). The third-order valence-electron chi connectivity index (χ3n) is 2.97. The third-order valence-corrected chi connectivity index (χ3v) is 5.31. The first-order valence-electron chi connectivity index (χ1n) is 5.35. The van der Waals surface area contributed by atoms with E-state index in [0.717, 1.165) is 19.3 Å². The Morgan fingerprint density at radius 2 is 2.13 bits per heavy atom. The van der Waals surface area contributed by atoms with Crippen molar-refractivity contribution in [2.45, 2.75) is 37.5 Å². The molecule has 0 saturated heterocycles. The fraction of sp³-hybridized carbons (Fsp3) is 1.00. The number of sulfonamides is 1. The van der Waals surface area contributed by atoms with Crippen LogP contribution in [0.4, 0.5) is 0 Å². The van der Waals surface area contributed by atoms with E-state index in [1.54, 1.807) is 6.92 Å². The van der Waals surface area contributed by atoms with E-state index < -0.39 is 15.3 Å². The Hall–Kier alpha value is -0.170. The number of hydrogen-bond acceptors (Lipinski definition) is 4. The molecule has 0 spiro atoms. The van der Waals surface area contributed by atoms with Crippen LogP contribution in [0.15, 0.2) is 0 Å². The van der Waals surface area contributed by atoms with E-state index in [-0.39, 0.29) is 25.7 Å². The van der Waals surface area contributed by atoms with Gasteiger partial charge in [0.15, 0.2) is 0 Å². The quantitative estimate of drug-likeness (QED) is 0.652. The lowest BCUT2D eigenvalue weighted by Gasteiger charge is -2.37. The van der Waals surface area contributed by atoms with Gasteiger partial charge in [-0.05, 0) is 19.8 Å². The van der Waals surface area contributed by atoms with E-state index in [4.69, 9.17) is 10.8 Å². The summed E-state index contributed by atoms with van der Waals surface area (Å²) in [6.45, 7) is 1.79. The van der Waals surface area contributed by atoms with Crippen molar-refractivity contribution < 1.29 is 13.5 Å². The van der Waals surface area contributed by atoms with Crippen LogP contribution in [0, 0.1) is 0 Å². The highest BCUT2D eigenvalue weighted by Crippen LogP contribution is 2.28. The van der Waals surface area contributed by atoms with Gasteiger partial charge >= 0.3 is 0 Å². The first kappa shape index (κ1) is 12.9. The summed E-state index contributed by atoms with van der Waals surface area (Å²) in [4.78, 5) is 0. The summed E-state index contributed by atoms with van der Waals surface area (Å²) in [6.07, 6.45) is 2.87. The number of nitrogens with zero attached hydrogens (tertiary/aromatic N) is 1. The molecular formula is C9H20N2O3S. The van der Waals surface area contributed by atoms with Gasteiger partial charge in [-0.15, -0.1) is 0 Å². The Labute approximate surface area is 91.3 Å². The molecule has 1 unspecified atom stereocenters. The van der Waals surface area contributed by atoms with Gasteiger partial charge < -0.3 is 10.8 Å². The SMILES string of the molecule is CC(CN)S(=O)(=O)N(CCO)C1CCC1. The molecule has 0 aromatic heterocycles. The molecule has 0 aromatic carbocycles. The molecule has 6 heteroatoms. The number of aliphatic hydroxyl groups excluding tert-OH is 1. The summed E-state index contributed by atoms with van der Waals surface area (Å²) >= 11 is 0. The lowest BCUT2D eigenvalue weighted by molar-refractivity contribution is 0.177. The van der Waals surface area contributed by atoms with Crippen molar-refractivity contribution in [1.29, 1.82) is 0 Å². The zero-order chi connectivity index (χ0) is 11.5. The molecule has 90 valence electrons. The van der Waals surface area contributed by atoms with Gasteiger partial charge in [-0.3, -0.25) is 0 Å². The van der Waals surface area contributed by atoms with E-state index in [1.165, 1.54) is 4.31 Å². The van der Waals surface area contributed by atoms with E-state index in [2.05, 4.69) is 0 Å². The summed E-state index contributed by atoms with van der Waals surface area (Å²) < 4.78 is 25.5. The van der Waals surface area contributed by atoms with Gasteiger partial charge in [0.05, 0.1) is 11.9 Å². The Morgan fingerprint density at radius 3 is 2.47 bits per heavy atom. The van der Waals surface area contributed by atoms with E-state index in [0.29, 0.717) is 0 Å². The fourth-order valence-corrected chi connectivity index (χ4v) is 3.31. The molecule has 0 heterocycles. The second-order valence-corrected chi connectivity index (χ2v) is 6.31. The predicted molar refractivity (Wildman–Crippen MR) is 58.9 cm³/mol. The van der Waals surface area contributed by atoms with Crippen LogP contribution in [0.25, 0.3) is 0 Å². The molecule has 1 aliphatic carbocycles. The van der Waals surface area contributed by atoms with Crippen LogP contribution in [0.1, 0.15) is 26.2 Å². The molecule has 1 aliphatic rings. The predicted octanol–water partition coefficient (Wildman–Crippen LogP) is -0.490. The van der Waals surface area contributed by atoms with Gasteiger partial charge in [0.25, 0.3) is 0 Å². The topological polar surface area (TPSA) is 83.6 Å². The molecule has 5 nitrogen and oxygen atoms in total. The Bertz CT molecular complexity index is 288. The molecule has 1 saturated carbocycles. The number of nitrogens with two attached hydrogens (primary N) is 1. The summed E-state index contributed by atoms with van der Waals surface area (Å²) in [5.41, 5.74) is 5.38. The largest absolute Gasteiger partial charge is 0.395 e.